The molecule has 0 amide bonds. The summed E-state index contributed by atoms with van der Waals surface area (Å²) in [7, 11) is -4.29. The number of fused-ring (bicyclic) bond motifs is 1. The first-order valence-electron chi connectivity index (χ1n) is 12.5. The van der Waals surface area contributed by atoms with Crippen LogP contribution in [0.25, 0.3) is 11.6 Å². The van der Waals surface area contributed by atoms with Gasteiger partial charge in [-0.15, -0.1) is 5.10 Å². The summed E-state index contributed by atoms with van der Waals surface area (Å²) in [4.78, 5) is 11.0. The van der Waals surface area contributed by atoms with Crippen molar-refractivity contribution in [1.29, 1.82) is 0 Å². The van der Waals surface area contributed by atoms with Crippen LogP contribution in [0.4, 0.5) is 10.1 Å². The number of carboxylic acid groups (broad SMARTS) is 1. The highest BCUT2D eigenvalue weighted by Gasteiger charge is 2.38. The van der Waals surface area contributed by atoms with Crippen molar-refractivity contribution in [3.63, 3.8) is 0 Å². The Morgan fingerprint density at radius 2 is 2.10 bits per heavy atom. The molecule has 13 heteroatoms. The number of aliphatic hydroxyl groups excluding tert-OH is 1. The number of aliphatic hydroxyl groups is 1. The van der Waals surface area contributed by atoms with Gasteiger partial charge in [-0.2, -0.15) is 0 Å². The van der Waals surface area contributed by atoms with Gasteiger partial charge < -0.3 is 19.7 Å². The number of halogens is 2. The zero-order valence-corrected chi connectivity index (χ0v) is 23.5. The molecule has 0 bridgehead atoms. The third kappa shape index (κ3) is 6.24. The van der Waals surface area contributed by atoms with Gasteiger partial charge in [0, 0.05) is 24.7 Å². The molecule has 0 radical (unpaired) electrons. The molecule has 1 atom stereocenters. The van der Waals surface area contributed by atoms with Gasteiger partial charge in [-0.05, 0) is 55.7 Å². The summed E-state index contributed by atoms with van der Waals surface area (Å²) in [6.07, 6.45) is 2.15. The second kappa shape index (κ2) is 12.3. The number of sulfonamides is 1. The van der Waals surface area contributed by atoms with E-state index in [4.69, 9.17) is 26.2 Å². The number of benzene rings is 2. The van der Waals surface area contributed by atoms with Gasteiger partial charge in [-0.1, -0.05) is 29.8 Å². The zero-order chi connectivity index (χ0) is 29.0. The van der Waals surface area contributed by atoms with Gasteiger partial charge >= 0.3 is 5.97 Å². The monoisotopic (exact) mass is 593 g/mol. The predicted molar refractivity (Wildman–Crippen MR) is 148 cm³/mol. The van der Waals surface area contributed by atoms with E-state index in [2.05, 4.69) is 5.10 Å². The SMILES string of the molecule is CCn1cc(S(=O)(=O)N2C[C@H](CCC(=O)O)Oc3ccc(C=C(C)c4c(F)cccc4Cl)cc32)c(OCCO)n1. The van der Waals surface area contributed by atoms with E-state index in [1.165, 1.54) is 23.0 Å². The van der Waals surface area contributed by atoms with Crippen molar-refractivity contribution in [3.8, 4) is 11.6 Å². The number of carbonyl (C=O) groups is 1. The van der Waals surface area contributed by atoms with Crippen LogP contribution >= 0.6 is 11.6 Å². The minimum atomic E-state index is -4.29. The summed E-state index contributed by atoms with van der Waals surface area (Å²) >= 11 is 6.22. The quantitative estimate of drug-likeness (QED) is 0.312. The van der Waals surface area contributed by atoms with E-state index in [1.807, 2.05) is 0 Å². The maximum absolute atomic E-state index is 14.5. The second-order valence-electron chi connectivity index (χ2n) is 9.09. The lowest BCUT2D eigenvalue weighted by Crippen LogP contribution is -2.43. The van der Waals surface area contributed by atoms with E-state index in [0.29, 0.717) is 17.7 Å². The molecule has 0 aliphatic carbocycles. The van der Waals surface area contributed by atoms with Crippen LogP contribution in [0.1, 0.15) is 37.8 Å². The average Bonchev–Trinajstić information content (AvgIpc) is 3.34. The fraction of sp³-hybridized carbons (Fsp3) is 0.333. The maximum Gasteiger partial charge on any atom is 0.303 e. The number of aromatic nitrogens is 2. The van der Waals surface area contributed by atoms with Gasteiger partial charge in [0.15, 0.2) is 4.90 Å². The second-order valence-corrected chi connectivity index (χ2v) is 11.3. The van der Waals surface area contributed by atoms with E-state index in [-0.39, 0.29) is 65.4 Å². The summed E-state index contributed by atoms with van der Waals surface area (Å²) in [6, 6.07) is 9.26. The van der Waals surface area contributed by atoms with Gasteiger partial charge in [0.05, 0.1) is 23.9 Å². The molecule has 2 heterocycles. The Balaban J connectivity index is 1.80. The number of rotatable bonds is 11. The first-order chi connectivity index (χ1) is 19.0. The number of hydrogen-bond acceptors (Lipinski definition) is 7. The van der Waals surface area contributed by atoms with Crippen molar-refractivity contribution >= 4 is 44.9 Å². The number of anilines is 1. The molecule has 40 heavy (non-hydrogen) atoms. The molecule has 0 saturated heterocycles. The van der Waals surface area contributed by atoms with Crippen LogP contribution < -0.4 is 13.8 Å². The van der Waals surface area contributed by atoms with Gasteiger partial charge in [0.2, 0.25) is 0 Å². The molecule has 214 valence electrons. The smallest absolute Gasteiger partial charge is 0.303 e. The number of nitrogens with zero attached hydrogens (tertiary/aromatic N) is 3. The predicted octanol–water partition coefficient (Wildman–Crippen LogP) is 4.45. The summed E-state index contributed by atoms with van der Waals surface area (Å²) < 4.78 is 56.6. The van der Waals surface area contributed by atoms with Crippen LogP contribution in [0, 0.1) is 5.82 Å². The summed E-state index contributed by atoms with van der Waals surface area (Å²) in [5.74, 6) is -1.44. The van der Waals surface area contributed by atoms with Gasteiger partial charge in [0.25, 0.3) is 15.9 Å². The number of aliphatic carboxylic acids is 1. The minimum absolute atomic E-state index is 0.0788. The largest absolute Gasteiger partial charge is 0.486 e. The van der Waals surface area contributed by atoms with Crippen LogP contribution in [0.15, 0.2) is 47.5 Å². The molecule has 0 unspecified atom stereocenters. The number of ether oxygens (including phenoxy) is 2. The van der Waals surface area contributed by atoms with Crippen molar-refractivity contribution in [3.05, 3.63) is 64.6 Å². The van der Waals surface area contributed by atoms with E-state index >= 15 is 0 Å². The van der Waals surface area contributed by atoms with E-state index in [0.717, 1.165) is 4.31 Å². The number of hydrogen-bond donors (Lipinski definition) is 2. The van der Waals surface area contributed by atoms with Crippen LogP contribution in [0.5, 0.6) is 11.6 Å². The average molecular weight is 594 g/mol. The number of allylic oxidation sites excluding steroid dienone is 1. The third-order valence-corrected chi connectivity index (χ3v) is 8.33. The number of aryl methyl sites for hydroxylation is 1. The third-order valence-electron chi connectivity index (χ3n) is 6.25. The Morgan fingerprint density at radius 3 is 2.77 bits per heavy atom. The fourth-order valence-corrected chi connectivity index (χ4v) is 6.25. The topological polar surface area (TPSA) is 131 Å². The molecule has 1 aliphatic heterocycles. The summed E-state index contributed by atoms with van der Waals surface area (Å²) in [5, 5.41) is 22.8. The van der Waals surface area contributed by atoms with Crippen molar-refractivity contribution in [1.82, 2.24) is 9.78 Å². The molecule has 10 nitrogen and oxygen atoms in total. The Bertz CT molecular complexity index is 1520. The highest BCUT2D eigenvalue weighted by atomic mass is 35.5. The van der Waals surface area contributed by atoms with Crippen LogP contribution in [0.2, 0.25) is 5.02 Å². The van der Waals surface area contributed by atoms with Crippen LogP contribution in [0.3, 0.4) is 0 Å². The van der Waals surface area contributed by atoms with Gasteiger partial charge in [0.1, 0.15) is 24.3 Å². The van der Waals surface area contributed by atoms with Crippen LogP contribution in [-0.2, 0) is 21.4 Å². The Morgan fingerprint density at radius 1 is 1.32 bits per heavy atom. The molecular formula is C27H29ClFN3O7S. The van der Waals surface area contributed by atoms with Crippen molar-refractivity contribution < 1.29 is 37.3 Å². The standard InChI is InChI=1S/C27H29ClFN3O7S/c1-3-31-16-24(27(30-31)38-12-11-33)40(36,37)32-15-19(8-10-25(34)35)39-23-9-7-18(14-22(23)32)13-17(2)26-20(28)5-4-6-21(26)29/h4-7,9,13-14,16,19,33H,3,8,10-12,15H2,1-2H3,(H,34,35)/t19-/m0/s1. The molecule has 2 aromatic carbocycles. The highest BCUT2D eigenvalue weighted by Crippen LogP contribution is 2.41. The zero-order valence-electron chi connectivity index (χ0n) is 21.9. The first-order valence-corrected chi connectivity index (χ1v) is 14.4. The molecule has 3 aromatic rings. The van der Waals surface area contributed by atoms with E-state index in [1.54, 1.807) is 44.2 Å². The van der Waals surface area contributed by atoms with Crippen molar-refractivity contribution in [2.75, 3.05) is 24.1 Å². The lowest BCUT2D eigenvalue weighted by Gasteiger charge is -2.35. The van der Waals surface area contributed by atoms with Crippen LogP contribution in [-0.4, -0.2) is 60.2 Å². The summed E-state index contributed by atoms with van der Waals surface area (Å²) in [6.45, 7) is 3.20. The first kappa shape index (κ1) is 29.4. The lowest BCUT2D eigenvalue weighted by molar-refractivity contribution is -0.137. The molecule has 0 spiro atoms. The Hall–Kier alpha value is -3.61. The number of carboxylic acids is 1. The lowest BCUT2D eigenvalue weighted by atomic mass is 10.0. The molecule has 4 rings (SSSR count). The molecular weight excluding hydrogens is 565 g/mol. The highest BCUT2D eigenvalue weighted by molar-refractivity contribution is 7.93. The molecule has 0 fully saturated rings. The Kier molecular flexibility index (Phi) is 9.02. The normalized spacial score (nSPS) is 15.5. The molecule has 1 aliphatic rings. The minimum Gasteiger partial charge on any atom is -0.486 e. The van der Waals surface area contributed by atoms with Crippen molar-refractivity contribution in [2.24, 2.45) is 0 Å². The molecule has 1 aromatic heterocycles. The maximum atomic E-state index is 14.5. The molecule has 0 saturated carbocycles. The van der Waals surface area contributed by atoms with E-state index < -0.39 is 27.9 Å². The van der Waals surface area contributed by atoms with Crippen molar-refractivity contribution in [2.45, 2.75) is 44.2 Å². The van der Waals surface area contributed by atoms with Gasteiger partial charge in [-0.25, -0.2) is 12.8 Å². The summed E-state index contributed by atoms with van der Waals surface area (Å²) in [5.41, 5.74) is 1.53. The Labute approximate surface area is 236 Å². The van der Waals surface area contributed by atoms with E-state index in [9.17, 15) is 22.7 Å². The fourth-order valence-electron chi connectivity index (χ4n) is 4.36. The molecule has 2 N–H and O–H groups in total. The van der Waals surface area contributed by atoms with Gasteiger partial charge in [-0.3, -0.25) is 13.8 Å².